The molecular weight excluding hydrogens is 414 g/mol. The van der Waals surface area contributed by atoms with Crippen LogP contribution in [0.4, 0.5) is 5.69 Å². The Morgan fingerprint density at radius 3 is 2.21 bits per heavy atom. The molecule has 1 saturated heterocycles. The molecule has 0 bridgehead atoms. The number of morpholine rings is 1. The van der Waals surface area contributed by atoms with E-state index >= 15 is 0 Å². The van der Waals surface area contributed by atoms with Crippen LogP contribution in [0.25, 0.3) is 0 Å². The zero-order valence-electron chi connectivity index (χ0n) is 21.0. The molecule has 33 heavy (non-hydrogen) atoms. The summed E-state index contributed by atoms with van der Waals surface area (Å²) >= 11 is 0. The van der Waals surface area contributed by atoms with Gasteiger partial charge in [-0.3, -0.25) is 5.01 Å². The Balaban J connectivity index is 1.85. The molecule has 1 aliphatic rings. The SMILES string of the molecule is CCCCCCCCCC(CCCCCC)OC(=O)c1cccc(N=NN2CCOCC2)c1. The predicted octanol–water partition coefficient (Wildman–Crippen LogP) is 7.65. The van der Waals surface area contributed by atoms with Crippen LogP contribution in [-0.4, -0.2) is 43.4 Å². The van der Waals surface area contributed by atoms with E-state index in [0.29, 0.717) is 24.5 Å². The largest absolute Gasteiger partial charge is 0.459 e. The molecule has 0 saturated carbocycles. The summed E-state index contributed by atoms with van der Waals surface area (Å²) < 4.78 is 11.3. The molecule has 1 unspecified atom stereocenters. The van der Waals surface area contributed by atoms with Gasteiger partial charge in [-0.2, -0.15) is 0 Å². The Morgan fingerprint density at radius 2 is 1.55 bits per heavy atom. The van der Waals surface area contributed by atoms with Crippen molar-refractivity contribution in [3.05, 3.63) is 29.8 Å². The molecule has 0 aromatic heterocycles. The van der Waals surface area contributed by atoms with Crippen LogP contribution < -0.4 is 0 Å². The average Bonchev–Trinajstić information content (AvgIpc) is 2.85. The standard InChI is InChI=1S/C27H45N3O3/c1-3-5-7-9-10-11-13-18-26(17-12-8-6-4-2)33-27(31)24-15-14-16-25(23-24)28-29-30-19-21-32-22-20-30/h14-16,23,26H,3-13,17-22H2,1-2H3. The van der Waals surface area contributed by atoms with E-state index in [1.165, 1.54) is 57.8 Å². The molecule has 0 spiro atoms. The van der Waals surface area contributed by atoms with Crippen LogP contribution in [0.2, 0.25) is 0 Å². The van der Waals surface area contributed by atoms with Crippen molar-refractivity contribution in [2.24, 2.45) is 10.3 Å². The summed E-state index contributed by atoms with van der Waals surface area (Å²) in [6.45, 7) is 7.29. The minimum Gasteiger partial charge on any atom is -0.459 e. The average molecular weight is 460 g/mol. The van der Waals surface area contributed by atoms with Crippen molar-refractivity contribution in [2.45, 2.75) is 103 Å². The Morgan fingerprint density at radius 1 is 0.939 bits per heavy atom. The zero-order chi connectivity index (χ0) is 23.6. The van der Waals surface area contributed by atoms with Crippen LogP contribution in [0, 0.1) is 0 Å². The number of hydrogen-bond donors (Lipinski definition) is 0. The number of carbonyl (C=O) groups is 1. The summed E-state index contributed by atoms with van der Waals surface area (Å²) in [5.74, 6) is -0.248. The molecule has 2 rings (SSSR count). The fraction of sp³-hybridized carbons (Fsp3) is 0.741. The van der Waals surface area contributed by atoms with Gasteiger partial charge >= 0.3 is 5.97 Å². The number of carbonyl (C=O) groups excluding carboxylic acids is 1. The lowest BCUT2D eigenvalue weighted by Crippen LogP contribution is -2.31. The number of hydrogen-bond acceptors (Lipinski definition) is 5. The summed E-state index contributed by atoms with van der Waals surface area (Å²) in [7, 11) is 0. The molecule has 0 amide bonds. The minimum atomic E-state index is -0.248. The molecule has 1 aromatic carbocycles. The molecular formula is C27H45N3O3. The molecule has 186 valence electrons. The second-order valence-electron chi connectivity index (χ2n) is 9.09. The Kier molecular flexibility index (Phi) is 14.5. The summed E-state index contributed by atoms with van der Waals surface area (Å²) in [5.41, 5.74) is 1.22. The Labute approximate surface area is 201 Å². The first kappa shape index (κ1) is 27.3. The lowest BCUT2D eigenvalue weighted by atomic mass is 10.0. The number of rotatable bonds is 17. The first-order valence-electron chi connectivity index (χ1n) is 13.3. The third-order valence-electron chi connectivity index (χ3n) is 6.14. The van der Waals surface area contributed by atoms with E-state index in [2.05, 4.69) is 24.2 Å². The molecule has 0 radical (unpaired) electrons. The maximum Gasteiger partial charge on any atom is 0.338 e. The van der Waals surface area contributed by atoms with E-state index < -0.39 is 0 Å². The van der Waals surface area contributed by atoms with Crippen LogP contribution in [-0.2, 0) is 9.47 Å². The number of ether oxygens (including phenoxy) is 2. The van der Waals surface area contributed by atoms with Gasteiger partial charge in [-0.1, -0.05) is 82.9 Å². The second-order valence-corrected chi connectivity index (χ2v) is 9.09. The number of benzene rings is 1. The van der Waals surface area contributed by atoms with Crippen molar-refractivity contribution in [1.29, 1.82) is 0 Å². The molecule has 1 atom stereocenters. The monoisotopic (exact) mass is 459 g/mol. The normalized spacial score (nSPS) is 15.2. The van der Waals surface area contributed by atoms with E-state index in [-0.39, 0.29) is 12.1 Å². The van der Waals surface area contributed by atoms with Crippen molar-refractivity contribution >= 4 is 11.7 Å². The van der Waals surface area contributed by atoms with Crippen LogP contribution in [0.3, 0.4) is 0 Å². The number of esters is 1. The van der Waals surface area contributed by atoms with Crippen molar-refractivity contribution in [2.75, 3.05) is 26.3 Å². The molecule has 1 aliphatic heterocycles. The van der Waals surface area contributed by atoms with Gasteiger partial charge < -0.3 is 9.47 Å². The van der Waals surface area contributed by atoms with Gasteiger partial charge in [-0.05, 0) is 43.9 Å². The van der Waals surface area contributed by atoms with E-state index in [1.54, 1.807) is 12.1 Å². The van der Waals surface area contributed by atoms with Gasteiger partial charge in [0.1, 0.15) is 6.10 Å². The van der Waals surface area contributed by atoms with Crippen molar-refractivity contribution < 1.29 is 14.3 Å². The molecule has 1 fully saturated rings. The third kappa shape index (κ3) is 12.2. The van der Waals surface area contributed by atoms with Crippen molar-refractivity contribution in [1.82, 2.24) is 5.01 Å². The van der Waals surface area contributed by atoms with Crippen LogP contribution in [0.15, 0.2) is 34.6 Å². The van der Waals surface area contributed by atoms with E-state index in [9.17, 15) is 4.79 Å². The Hall–Kier alpha value is -1.95. The lowest BCUT2D eigenvalue weighted by Gasteiger charge is -2.22. The summed E-state index contributed by atoms with van der Waals surface area (Å²) in [6, 6.07) is 7.28. The highest BCUT2D eigenvalue weighted by Crippen LogP contribution is 2.20. The first-order valence-corrected chi connectivity index (χ1v) is 13.3. The molecule has 6 nitrogen and oxygen atoms in total. The van der Waals surface area contributed by atoms with Crippen LogP contribution in [0.1, 0.15) is 108 Å². The topological polar surface area (TPSA) is 63.5 Å². The smallest absolute Gasteiger partial charge is 0.338 e. The third-order valence-corrected chi connectivity index (χ3v) is 6.14. The molecule has 0 aliphatic carbocycles. The lowest BCUT2D eigenvalue weighted by molar-refractivity contribution is 0.0249. The molecule has 6 heteroatoms. The van der Waals surface area contributed by atoms with Crippen molar-refractivity contribution in [3.63, 3.8) is 0 Å². The fourth-order valence-corrected chi connectivity index (χ4v) is 4.06. The maximum absolute atomic E-state index is 12.9. The summed E-state index contributed by atoms with van der Waals surface area (Å²) in [4.78, 5) is 12.9. The molecule has 1 heterocycles. The highest BCUT2D eigenvalue weighted by molar-refractivity contribution is 5.90. The van der Waals surface area contributed by atoms with E-state index in [4.69, 9.17) is 9.47 Å². The van der Waals surface area contributed by atoms with Crippen LogP contribution >= 0.6 is 0 Å². The maximum atomic E-state index is 12.9. The highest BCUT2D eigenvalue weighted by atomic mass is 16.5. The summed E-state index contributed by atoms with van der Waals surface area (Å²) in [5, 5.41) is 10.5. The van der Waals surface area contributed by atoms with Crippen LogP contribution in [0.5, 0.6) is 0 Å². The quantitative estimate of drug-likeness (QED) is 0.136. The van der Waals surface area contributed by atoms with Gasteiger partial charge in [0.2, 0.25) is 0 Å². The fourth-order valence-electron chi connectivity index (χ4n) is 4.06. The van der Waals surface area contributed by atoms with Crippen molar-refractivity contribution in [3.8, 4) is 0 Å². The van der Waals surface area contributed by atoms with Gasteiger partial charge in [0, 0.05) is 0 Å². The van der Waals surface area contributed by atoms with E-state index in [0.717, 1.165) is 38.8 Å². The van der Waals surface area contributed by atoms with Gasteiger partial charge in [-0.25, -0.2) is 4.79 Å². The second kappa shape index (κ2) is 17.5. The highest BCUT2D eigenvalue weighted by Gasteiger charge is 2.16. The zero-order valence-corrected chi connectivity index (χ0v) is 21.0. The Bertz CT molecular complexity index is 674. The number of nitrogens with zero attached hydrogens (tertiary/aromatic N) is 3. The predicted molar refractivity (Wildman–Crippen MR) is 134 cm³/mol. The van der Waals surface area contributed by atoms with Gasteiger partial charge in [0.25, 0.3) is 0 Å². The first-order chi connectivity index (χ1) is 16.2. The summed E-state index contributed by atoms with van der Waals surface area (Å²) in [6.07, 6.45) is 15.6. The minimum absolute atomic E-state index is 0.00336. The van der Waals surface area contributed by atoms with Gasteiger partial charge in [0.15, 0.2) is 0 Å². The van der Waals surface area contributed by atoms with Gasteiger partial charge in [0.05, 0.1) is 37.6 Å². The molecule has 1 aromatic rings. The van der Waals surface area contributed by atoms with E-state index in [1.807, 2.05) is 17.1 Å². The molecule has 0 N–H and O–H groups in total. The van der Waals surface area contributed by atoms with Gasteiger partial charge in [-0.15, -0.1) is 5.11 Å². The number of unbranched alkanes of at least 4 members (excludes halogenated alkanes) is 9.